The van der Waals surface area contributed by atoms with E-state index in [2.05, 4.69) is 5.32 Å². The van der Waals surface area contributed by atoms with E-state index in [0.29, 0.717) is 26.4 Å². The second-order valence-electron chi connectivity index (χ2n) is 4.02. The number of aryl methyl sites for hydroxylation is 1. The van der Waals surface area contributed by atoms with Crippen LogP contribution in [0.25, 0.3) is 0 Å². The third kappa shape index (κ3) is 7.31. The zero-order valence-corrected chi connectivity index (χ0v) is 11.2. The molecule has 0 fully saturated rings. The number of hydrogen-bond acceptors (Lipinski definition) is 3. The Kier molecular flexibility index (Phi) is 7.43. The van der Waals surface area contributed by atoms with Crippen LogP contribution in [0.2, 0.25) is 0 Å². The van der Waals surface area contributed by atoms with Gasteiger partial charge in [-0.05, 0) is 37.5 Å². The first-order valence-electron chi connectivity index (χ1n) is 6.48. The number of nitrogens with one attached hydrogen (secondary N) is 1. The van der Waals surface area contributed by atoms with E-state index in [4.69, 9.17) is 14.6 Å². The molecule has 106 valence electrons. The van der Waals surface area contributed by atoms with E-state index in [9.17, 15) is 4.79 Å². The van der Waals surface area contributed by atoms with Crippen LogP contribution in [0, 0.1) is 0 Å². The Hall–Kier alpha value is -1.75. The van der Waals surface area contributed by atoms with Crippen molar-refractivity contribution in [1.82, 2.24) is 5.32 Å². The van der Waals surface area contributed by atoms with Gasteiger partial charge in [0.05, 0.1) is 6.61 Å². The van der Waals surface area contributed by atoms with E-state index >= 15 is 0 Å². The summed E-state index contributed by atoms with van der Waals surface area (Å²) in [5, 5.41) is 10.8. The highest BCUT2D eigenvalue weighted by atomic mass is 16.5. The maximum atomic E-state index is 10.3. The summed E-state index contributed by atoms with van der Waals surface area (Å²) in [6.45, 7) is 4.28. The molecule has 0 bridgehead atoms. The van der Waals surface area contributed by atoms with Crippen LogP contribution >= 0.6 is 0 Å². The van der Waals surface area contributed by atoms with Gasteiger partial charge in [0.15, 0.2) is 0 Å². The first-order valence-corrected chi connectivity index (χ1v) is 6.48. The predicted molar refractivity (Wildman–Crippen MR) is 72.8 cm³/mol. The fraction of sp³-hybridized carbons (Fsp3) is 0.500. The van der Waals surface area contributed by atoms with Gasteiger partial charge in [0, 0.05) is 13.2 Å². The molecule has 0 saturated heterocycles. The van der Waals surface area contributed by atoms with Crippen molar-refractivity contribution in [2.24, 2.45) is 0 Å². The highest BCUT2D eigenvalue weighted by Gasteiger charge is 1.98. The molecule has 0 radical (unpaired) electrons. The highest BCUT2D eigenvalue weighted by molar-refractivity contribution is 5.64. The van der Waals surface area contributed by atoms with Gasteiger partial charge in [-0.2, -0.15) is 0 Å². The van der Waals surface area contributed by atoms with Crippen molar-refractivity contribution in [2.45, 2.75) is 19.8 Å². The molecule has 0 unspecified atom stereocenters. The lowest BCUT2D eigenvalue weighted by Gasteiger charge is -2.07. The smallest absolute Gasteiger partial charge is 0.404 e. The number of carbonyl (C=O) groups is 1. The summed E-state index contributed by atoms with van der Waals surface area (Å²) >= 11 is 0. The molecule has 0 spiro atoms. The van der Waals surface area contributed by atoms with Crippen LogP contribution in [0.15, 0.2) is 24.3 Å². The summed E-state index contributed by atoms with van der Waals surface area (Å²) in [6.07, 6.45) is 0.661. The molecule has 0 saturated carbocycles. The lowest BCUT2D eigenvalue weighted by Crippen LogP contribution is -2.22. The van der Waals surface area contributed by atoms with Crippen LogP contribution in [0.3, 0.4) is 0 Å². The van der Waals surface area contributed by atoms with Crippen LogP contribution in [-0.2, 0) is 11.2 Å². The Balaban J connectivity index is 2.21. The number of benzene rings is 1. The lowest BCUT2D eigenvalue weighted by molar-refractivity contribution is 0.110. The van der Waals surface area contributed by atoms with Crippen molar-refractivity contribution in [3.63, 3.8) is 0 Å². The molecule has 0 heterocycles. The summed E-state index contributed by atoms with van der Waals surface area (Å²) < 4.78 is 10.7. The van der Waals surface area contributed by atoms with Crippen LogP contribution < -0.4 is 10.1 Å². The van der Waals surface area contributed by atoms with E-state index in [1.807, 2.05) is 31.2 Å². The van der Waals surface area contributed by atoms with Crippen molar-refractivity contribution < 1.29 is 19.4 Å². The zero-order chi connectivity index (χ0) is 13.9. The van der Waals surface area contributed by atoms with Crippen molar-refractivity contribution in [3.8, 4) is 5.75 Å². The molecule has 2 N–H and O–H groups in total. The third-order valence-corrected chi connectivity index (χ3v) is 2.54. The van der Waals surface area contributed by atoms with Gasteiger partial charge < -0.3 is 19.9 Å². The molecule has 0 aliphatic heterocycles. The van der Waals surface area contributed by atoms with Crippen molar-refractivity contribution >= 4 is 6.09 Å². The molecule has 0 atom stereocenters. The van der Waals surface area contributed by atoms with Gasteiger partial charge in [-0.1, -0.05) is 12.1 Å². The van der Waals surface area contributed by atoms with E-state index in [-0.39, 0.29) is 0 Å². The number of hydrogen-bond donors (Lipinski definition) is 2. The van der Waals surface area contributed by atoms with Gasteiger partial charge in [-0.3, -0.25) is 0 Å². The highest BCUT2D eigenvalue weighted by Crippen LogP contribution is 2.13. The monoisotopic (exact) mass is 267 g/mol. The van der Waals surface area contributed by atoms with Crippen molar-refractivity contribution in [2.75, 3.05) is 26.4 Å². The molecule has 0 aromatic heterocycles. The third-order valence-electron chi connectivity index (χ3n) is 2.54. The van der Waals surface area contributed by atoms with Gasteiger partial charge >= 0.3 is 6.09 Å². The fourth-order valence-corrected chi connectivity index (χ4v) is 1.60. The number of rotatable bonds is 9. The van der Waals surface area contributed by atoms with E-state index in [1.54, 1.807) is 0 Å². The summed E-state index contributed by atoms with van der Waals surface area (Å²) in [6, 6.07) is 7.84. The Morgan fingerprint density at radius 1 is 1.26 bits per heavy atom. The van der Waals surface area contributed by atoms with E-state index in [1.165, 1.54) is 5.56 Å². The Morgan fingerprint density at radius 3 is 2.63 bits per heavy atom. The predicted octanol–water partition coefficient (Wildman–Crippen LogP) is 2.30. The second-order valence-corrected chi connectivity index (χ2v) is 4.02. The molecular formula is C14H21NO4. The van der Waals surface area contributed by atoms with E-state index < -0.39 is 6.09 Å². The Morgan fingerprint density at radius 2 is 2.00 bits per heavy atom. The fourth-order valence-electron chi connectivity index (χ4n) is 1.60. The van der Waals surface area contributed by atoms with Gasteiger partial charge in [-0.15, -0.1) is 0 Å². The van der Waals surface area contributed by atoms with E-state index in [0.717, 1.165) is 18.6 Å². The second kappa shape index (κ2) is 9.22. The van der Waals surface area contributed by atoms with Crippen molar-refractivity contribution in [3.05, 3.63) is 29.8 Å². The molecule has 1 amide bonds. The van der Waals surface area contributed by atoms with Gasteiger partial charge in [0.25, 0.3) is 0 Å². The van der Waals surface area contributed by atoms with Gasteiger partial charge in [0.2, 0.25) is 0 Å². The lowest BCUT2D eigenvalue weighted by atomic mass is 10.1. The minimum atomic E-state index is -0.974. The van der Waals surface area contributed by atoms with Gasteiger partial charge in [-0.25, -0.2) is 4.79 Å². The molecule has 5 heteroatoms. The van der Waals surface area contributed by atoms with Crippen LogP contribution in [0.4, 0.5) is 4.79 Å². The Bertz CT molecular complexity index is 364. The Labute approximate surface area is 113 Å². The molecule has 1 aromatic carbocycles. The van der Waals surface area contributed by atoms with Crippen LogP contribution in [0.5, 0.6) is 5.75 Å². The minimum absolute atomic E-state index is 0.474. The SMILES string of the molecule is CCOCCOc1ccc(CCCNC(=O)O)cc1. The number of carboxylic acid groups (broad SMARTS) is 1. The summed E-state index contributed by atoms with van der Waals surface area (Å²) in [7, 11) is 0. The topological polar surface area (TPSA) is 67.8 Å². The normalized spacial score (nSPS) is 10.2. The quantitative estimate of drug-likeness (QED) is 0.674. The molecule has 1 aromatic rings. The molecule has 0 aliphatic rings. The zero-order valence-electron chi connectivity index (χ0n) is 11.2. The maximum Gasteiger partial charge on any atom is 0.404 e. The summed E-state index contributed by atoms with van der Waals surface area (Å²) in [5.41, 5.74) is 1.17. The molecule has 5 nitrogen and oxygen atoms in total. The van der Waals surface area contributed by atoms with Crippen LogP contribution in [0.1, 0.15) is 18.9 Å². The average molecular weight is 267 g/mol. The first-order chi connectivity index (χ1) is 9.22. The molecule has 1 rings (SSSR count). The first kappa shape index (κ1) is 15.3. The number of ether oxygens (including phenoxy) is 2. The largest absolute Gasteiger partial charge is 0.491 e. The summed E-state index contributed by atoms with van der Waals surface area (Å²) in [4.78, 5) is 10.3. The molecule has 19 heavy (non-hydrogen) atoms. The average Bonchev–Trinajstić information content (AvgIpc) is 2.41. The summed E-state index contributed by atoms with van der Waals surface area (Å²) in [5.74, 6) is 0.826. The molecular weight excluding hydrogens is 246 g/mol. The standard InChI is InChI=1S/C14H21NO4/c1-2-18-10-11-19-13-7-5-12(6-8-13)4-3-9-15-14(16)17/h5-8,15H,2-4,9-11H2,1H3,(H,16,17). The maximum absolute atomic E-state index is 10.3. The van der Waals surface area contributed by atoms with Crippen LogP contribution in [-0.4, -0.2) is 37.6 Å². The minimum Gasteiger partial charge on any atom is -0.491 e. The van der Waals surface area contributed by atoms with Gasteiger partial charge in [0.1, 0.15) is 12.4 Å². The number of amides is 1. The molecule has 0 aliphatic carbocycles. The van der Waals surface area contributed by atoms with Crippen molar-refractivity contribution in [1.29, 1.82) is 0 Å².